The number of aromatic nitrogens is 1. The monoisotopic (exact) mass is 485 g/mol. The van der Waals surface area contributed by atoms with Gasteiger partial charge in [-0.25, -0.2) is 4.98 Å². The number of thiocarbonyl (C=S) groups is 1. The molecule has 1 unspecified atom stereocenters. The first kappa shape index (κ1) is 24.2. The molecule has 0 saturated carbocycles. The van der Waals surface area contributed by atoms with Crippen molar-refractivity contribution in [1.82, 2.24) is 10.3 Å². The van der Waals surface area contributed by atoms with Gasteiger partial charge in [-0.3, -0.25) is 10.1 Å². The lowest BCUT2D eigenvalue weighted by Crippen LogP contribution is -2.32. The molecule has 4 aromatic rings. The van der Waals surface area contributed by atoms with Gasteiger partial charge in [-0.05, 0) is 90.3 Å². The maximum Gasteiger partial charge on any atom is 0.250 e. The molecule has 6 nitrogen and oxygen atoms in total. The van der Waals surface area contributed by atoms with Crippen LogP contribution < -0.4 is 15.4 Å². The lowest BCUT2D eigenvalue weighted by Gasteiger charge is -2.08. The minimum Gasteiger partial charge on any atom is -0.497 e. The van der Waals surface area contributed by atoms with Gasteiger partial charge in [-0.15, -0.1) is 0 Å². The fraction of sp³-hybridized carbons (Fsp3) is 0.179. The van der Waals surface area contributed by atoms with E-state index in [9.17, 15) is 4.79 Å². The fourth-order valence-electron chi connectivity index (χ4n) is 3.51. The number of rotatable bonds is 7. The topological polar surface area (TPSA) is 76.4 Å². The minimum atomic E-state index is -0.321. The molecule has 1 aromatic heterocycles. The molecule has 0 radical (unpaired) electrons. The lowest BCUT2D eigenvalue weighted by molar-refractivity contribution is -0.115. The molecule has 3 aromatic carbocycles. The van der Waals surface area contributed by atoms with Crippen molar-refractivity contribution in [2.75, 3.05) is 12.4 Å². The van der Waals surface area contributed by atoms with E-state index in [-0.39, 0.29) is 11.0 Å². The molecule has 7 heteroatoms. The molecule has 1 heterocycles. The Labute approximate surface area is 210 Å². The molecular formula is C28H27N3O3S. The van der Waals surface area contributed by atoms with Gasteiger partial charge >= 0.3 is 0 Å². The maximum atomic E-state index is 12.2. The number of carbonyl (C=O) groups excluding carboxylic acids is 1. The van der Waals surface area contributed by atoms with Crippen LogP contribution in [0, 0.1) is 0 Å². The average molecular weight is 486 g/mol. The molecule has 0 aliphatic rings. The Kier molecular flexibility index (Phi) is 7.57. The van der Waals surface area contributed by atoms with Gasteiger partial charge in [0.15, 0.2) is 10.7 Å². The van der Waals surface area contributed by atoms with Gasteiger partial charge in [0.1, 0.15) is 11.3 Å². The lowest BCUT2D eigenvalue weighted by atomic mass is 9.98. The van der Waals surface area contributed by atoms with Crippen LogP contribution in [0.4, 0.5) is 5.69 Å². The number of amides is 1. The van der Waals surface area contributed by atoms with E-state index in [1.165, 1.54) is 11.6 Å². The van der Waals surface area contributed by atoms with Crippen molar-refractivity contribution >= 4 is 46.1 Å². The Morgan fingerprint density at radius 2 is 1.86 bits per heavy atom. The second-order valence-electron chi connectivity index (χ2n) is 8.18. The number of anilines is 1. The van der Waals surface area contributed by atoms with E-state index in [0.29, 0.717) is 11.8 Å². The molecule has 1 amide bonds. The number of nitrogens with one attached hydrogen (secondary N) is 2. The number of ether oxygens (including phenoxy) is 1. The Hall–Kier alpha value is -3.97. The highest BCUT2D eigenvalue weighted by molar-refractivity contribution is 7.80. The molecule has 0 bridgehead atoms. The van der Waals surface area contributed by atoms with E-state index in [1.807, 2.05) is 54.6 Å². The van der Waals surface area contributed by atoms with E-state index in [0.717, 1.165) is 40.1 Å². The van der Waals surface area contributed by atoms with Crippen LogP contribution in [0.25, 0.3) is 28.6 Å². The second kappa shape index (κ2) is 11.0. The third-order valence-corrected chi connectivity index (χ3v) is 5.97. The number of methoxy groups -OCH3 is 1. The first-order chi connectivity index (χ1) is 16.9. The van der Waals surface area contributed by atoms with Crippen molar-refractivity contribution in [2.24, 2.45) is 0 Å². The summed E-state index contributed by atoms with van der Waals surface area (Å²) in [5, 5.41) is 5.87. The number of nitrogens with zero attached hydrogens (tertiary/aromatic N) is 1. The summed E-state index contributed by atoms with van der Waals surface area (Å²) in [5.41, 5.74) is 5.36. The predicted octanol–water partition coefficient (Wildman–Crippen LogP) is 6.54. The van der Waals surface area contributed by atoms with E-state index in [4.69, 9.17) is 21.4 Å². The summed E-state index contributed by atoms with van der Waals surface area (Å²) in [7, 11) is 1.61. The Bertz CT molecular complexity index is 1360. The second-order valence-corrected chi connectivity index (χ2v) is 8.59. The molecule has 4 rings (SSSR count). The number of carbonyl (C=O) groups is 1. The van der Waals surface area contributed by atoms with Gasteiger partial charge in [-0.1, -0.05) is 32.0 Å². The van der Waals surface area contributed by atoms with Gasteiger partial charge < -0.3 is 14.5 Å². The Balaban J connectivity index is 1.35. The fourth-order valence-corrected chi connectivity index (χ4v) is 3.73. The van der Waals surface area contributed by atoms with Crippen LogP contribution in [0.15, 0.2) is 77.2 Å². The zero-order chi connectivity index (χ0) is 24.8. The molecule has 35 heavy (non-hydrogen) atoms. The quantitative estimate of drug-likeness (QED) is 0.229. The summed E-state index contributed by atoms with van der Waals surface area (Å²) in [6, 6.07) is 21.1. The molecule has 0 aliphatic heterocycles. The Morgan fingerprint density at radius 3 is 2.54 bits per heavy atom. The van der Waals surface area contributed by atoms with Crippen molar-refractivity contribution in [3.8, 4) is 17.2 Å². The van der Waals surface area contributed by atoms with E-state index >= 15 is 0 Å². The normalized spacial score (nSPS) is 12.0. The van der Waals surface area contributed by atoms with Crippen LogP contribution in [0.5, 0.6) is 5.75 Å². The van der Waals surface area contributed by atoms with Crippen LogP contribution in [-0.4, -0.2) is 23.1 Å². The van der Waals surface area contributed by atoms with Gasteiger partial charge in [0.2, 0.25) is 11.8 Å². The zero-order valence-electron chi connectivity index (χ0n) is 19.9. The predicted molar refractivity (Wildman–Crippen MR) is 145 cm³/mol. The number of hydrogen-bond donors (Lipinski definition) is 2. The van der Waals surface area contributed by atoms with E-state index < -0.39 is 0 Å². The van der Waals surface area contributed by atoms with Crippen LogP contribution in [0.1, 0.15) is 37.3 Å². The van der Waals surface area contributed by atoms with E-state index in [2.05, 4.69) is 41.6 Å². The zero-order valence-corrected chi connectivity index (χ0v) is 20.7. The van der Waals surface area contributed by atoms with Crippen molar-refractivity contribution in [1.29, 1.82) is 0 Å². The summed E-state index contributed by atoms with van der Waals surface area (Å²) in [5.74, 6) is 1.48. The summed E-state index contributed by atoms with van der Waals surface area (Å²) in [6.07, 6.45) is 4.21. The highest BCUT2D eigenvalue weighted by Crippen LogP contribution is 2.28. The van der Waals surface area contributed by atoms with Crippen molar-refractivity contribution in [2.45, 2.75) is 26.2 Å². The molecule has 0 fully saturated rings. The first-order valence-corrected chi connectivity index (χ1v) is 11.8. The summed E-state index contributed by atoms with van der Waals surface area (Å²) < 4.78 is 11.1. The van der Waals surface area contributed by atoms with Crippen LogP contribution in [0.2, 0.25) is 0 Å². The number of benzene rings is 3. The average Bonchev–Trinajstić information content (AvgIpc) is 3.31. The van der Waals surface area contributed by atoms with E-state index in [1.54, 1.807) is 13.2 Å². The SMILES string of the molecule is CCC(C)c1ccc2oc(-c3ccc(NC(=S)NC(=O)/C=C/c4ccc(OC)cc4)cc3)nc2c1. The van der Waals surface area contributed by atoms with Crippen molar-refractivity contribution < 1.29 is 13.9 Å². The highest BCUT2D eigenvalue weighted by atomic mass is 32.1. The highest BCUT2D eigenvalue weighted by Gasteiger charge is 2.11. The Morgan fingerprint density at radius 1 is 1.11 bits per heavy atom. The summed E-state index contributed by atoms with van der Waals surface area (Å²) >= 11 is 5.26. The number of oxazole rings is 1. The largest absolute Gasteiger partial charge is 0.497 e. The van der Waals surface area contributed by atoms with Crippen LogP contribution in [-0.2, 0) is 4.79 Å². The van der Waals surface area contributed by atoms with Gasteiger partial charge in [0.05, 0.1) is 7.11 Å². The van der Waals surface area contributed by atoms with Gasteiger partial charge in [-0.2, -0.15) is 0 Å². The molecule has 0 aliphatic carbocycles. The number of hydrogen-bond acceptors (Lipinski definition) is 5. The molecular weight excluding hydrogens is 458 g/mol. The van der Waals surface area contributed by atoms with Gasteiger partial charge in [0.25, 0.3) is 0 Å². The van der Waals surface area contributed by atoms with Crippen molar-refractivity contribution in [3.05, 3.63) is 83.9 Å². The molecule has 0 saturated heterocycles. The van der Waals surface area contributed by atoms with Crippen LogP contribution in [0.3, 0.4) is 0 Å². The molecule has 178 valence electrons. The minimum absolute atomic E-state index is 0.210. The standard InChI is InChI=1S/C28H27N3O3S/c1-4-18(2)21-10-15-25-24(17-21)30-27(34-25)20-8-11-22(12-9-20)29-28(35)31-26(32)16-7-19-5-13-23(33-3)14-6-19/h5-18H,4H2,1-3H3,(H2,29,31,32,35)/b16-7+. The molecule has 1 atom stereocenters. The third-order valence-electron chi connectivity index (χ3n) is 5.76. The smallest absolute Gasteiger partial charge is 0.250 e. The van der Waals surface area contributed by atoms with Crippen LogP contribution >= 0.6 is 12.2 Å². The third kappa shape index (κ3) is 6.13. The molecule has 2 N–H and O–H groups in total. The molecule has 0 spiro atoms. The number of fused-ring (bicyclic) bond motifs is 1. The first-order valence-electron chi connectivity index (χ1n) is 11.4. The van der Waals surface area contributed by atoms with Crippen molar-refractivity contribution in [3.63, 3.8) is 0 Å². The summed E-state index contributed by atoms with van der Waals surface area (Å²) in [4.78, 5) is 16.8. The maximum absolute atomic E-state index is 12.2. The van der Waals surface area contributed by atoms with Gasteiger partial charge in [0, 0.05) is 17.3 Å². The summed E-state index contributed by atoms with van der Waals surface area (Å²) in [6.45, 7) is 4.38.